The van der Waals surface area contributed by atoms with E-state index in [0.29, 0.717) is 23.8 Å². The summed E-state index contributed by atoms with van der Waals surface area (Å²) in [7, 11) is -3.48. The van der Waals surface area contributed by atoms with Gasteiger partial charge in [0, 0.05) is 12.2 Å². The number of rotatable bonds is 7. The van der Waals surface area contributed by atoms with Crippen LogP contribution in [0.5, 0.6) is 0 Å². The molecule has 1 amide bonds. The second-order valence-electron chi connectivity index (χ2n) is 8.29. The van der Waals surface area contributed by atoms with E-state index in [4.69, 9.17) is 9.72 Å². The maximum atomic E-state index is 13.7. The molecule has 170 valence electrons. The van der Waals surface area contributed by atoms with Crippen molar-refractivity contribution in [3.63, 3.8) is 0 Å². The van der Waals surface area contributed by atoms with Crippen LogP contribution in [-0.4, -0.2) is 43.8 Å². The van der Waals surface area contributed by atoms with Gasteiger partial charge < -0.3 is 4.74 Å². The number of hydrogen-bond acceptors (Lipinski definition) is 6. The molecule has 0 aliphatic carbocycles. The Hall–Kier alpha value is -2.29. The highest BCUT2D eigenvalue weighted by atomic mass is 32.2. The summed E-state index contributed by atoms with van der Waals surface area (Å²) < 4.78 is 32.2. The van der Waals surface area contributed by atoms with E-state index in [2.05, 4.69) is 13.0 Å². The lowest BCUT2D eigenvalue weighted by molar-refractivity contribution is 0.0917. The van der Waals surface area contributed by atoms with Crippen LogP contribution in [0.25, 0.3) is 10.2 Å². The SMILES string of the molecule is CCc1cccc2sc(N(CC3CCCO3)C(=O)c3cccc(S(=O)(=O)C(C)C)c3)nc12. The summed E-state index contributed by atoms with van der Waals surface area (Å²) in [6.07, 6.45) is 2.65. The zero-order valence-corrected chi connectivity index (χ0v) is 20.2. The summed E-state index contributed by atoms with van der Waals surface area (Å²) in [4.78, 5) is 20.3. The third-order valence-corrected chi connectivity index (χ3v) is 8.98. The number of aromatic nitrogens is 1. The van der Waals surface area contributed by atoms with Crippen molar-refractivity contribution < 1.29 is 17.9 Å². The number of nitrogens with zero attached hydrogens (tertiary/aromatic N) is 2. The average Bonchev–Trinajstić information content (AvgIpc) is 3.46. The number of para-hydroxylation sites is 1. The monoisotopic (exact) mass is 472 g/mol. The predicted molar refractivity (Wildman–Crippen MR) is 128 cm³/mol. The zero-order valence-electron chi connectivity index (χ0n) is 18.6. The Bertz CT molecular complexity index is 1230. The fourth-order valence-corrected chi connectivity index (χ4v) is 5.99. The van der Waals surface area contributed by atoms with Crippen LogP contribution in [0.4, 0.5) is 5.13 Å². The molecule has 4 rings (SSSR count). The molecule has 1 atom stereocenters. The van der Waals surface area contributed by atoms with Gasteiger partial charge in [-0.05, 0) is 62.9 Å². The molecule has 1 aliphatic heterocycles. The van der Waals surface area contributed by atoms with Crippen LogP contribution in [-0.2, 0) is 21.0 Å². The second kappa shape index (κ2) is 9.29. The average molecular weight is 473 g/mol. The van der Waals surface area contributed by atoms with Crippen LogP contribution in [0.15, 0.2) is 47.4 Å². The van der Waals surface area contributed by atoms with Gasteiger partial charge in [-0.2, -0.15) is 0 Å². The summed E-state index contributed by atoms with van der Waals surface area (Å²) in [5.41, 5.74) is 2.38. The first kappa shape index (κ1) is 22.9. The molecule has 1 fully saturated rings. The minimum atomic E-state index is -3.48. The smallest absolute Gasteiger partial charge is 0.260 e. The highest BCUT2D eigenvalue weighted by Crippen LogP contribution is 2.33. The van der Waals surface area contributed by atoms with E-state index in [1.54, 1.807) is 36.9 Å². The Balaban J connectivity index is 1.75. The summed E-state index contributed by atoms with van der Waals surface area (Å²) >= 11 is 1.48. The van der Waals surface area contributed by atoms with Crippen LogP contribution in [0.2, 0.25) is 0 Å². The minimum absolute atomic E-state index is 0.0563. The molecular formula is C24H28N2O4S2. The number of benzene rings is 2. The van der Waals surface area contributed by atoms with Crippen molar-refractivity contribution in [2.24, 2.45) is 0 Å². The summed E-state index contributed by atoms with van der Waals surface area (Å²) in [5, 5.41) is 0.0473. The van der Waals surface area contributed by atoms with Crippen molar-refractivity contribution in [2.45, 2.75) is 56.3 Å². The van der Waals surface area contributed by atoms with Gasteiger partial charge in [0.1, 0.15) is 0 Å². The Labute approximate surface area is 193 Å². The third kappa shape index (κ3) is 4.44. The molecule has 1 unspecified atom stereocenters. The fraction of sp³-hybridized carbons (Fsp3) is 0.417. The van der Waals surface area contributed by atoms with Crippen LogP contribution < -0.4 is 4.90 Å². The highest BCUT2D eigenvalue weighted by Gasteiger charge is 2.28. The van der Waals surface area contributed by atoms with Gasteiger partial charge in [-0.25, -0.2) is 13.4 Å². The molecule has 2 heterocycles. The maximum absolute atomic E-state index is 13.7. The number of carbonyl (C=O) groups is 1. The molecule has 2 aromatic carbocycles. The predicted octanol–water partition coefficient (Wildman–Crippen LogP) is 4.87. The van der Waals surface area contributed by atoms with Crippen LogP contribution in [0, 0.1) is 0 Å². The van der Waals surface area contributed by atoms with Crippen LogP contribution in [0.1, 0.15) is 49.5 Å². The fourth-order valence-electron chi connectivity index (χ4n) is 3.87. The Morgan fingerprint density at radius 1 is 1.25 bits per heavy atom. The highest BCUT2D eigenvalue weighted by molar-refractivity contribution is 7.92. The van der Waals surface area contributed by atoms with E-state index in [1.165, 1.54) is 17.4 Å². The van der Waals surface area contributed by atoms with E-state index in [-0.39, 0.29) is 16.9 Å². The summed E-state index contributed by atoms with van der Waals surface area (Å²) in [5.74, 6) is -0.265. The van der Waals surface area contributed by atoms with Gasteiger partial charge in [0.25, 0.3) is 5.91 Å². The molecule has 1 aromatic heterocycles. The third-order valence-electron chi connectivity index (χ3n) is 5.79. The molecule has 8 heteroatoms. The van der Waals surface area contributed by atoms with Crippen molar-refractivity contribution in [1.29, 1.82) is 0 Å². The van der Waals surface area contributed by atoms with Crippen molar-refractivity contribution in [2.75, 3.05) is 18.1 Å². The van der Waals surface area contributed by atoms with Gasteiger partial charge in [-0.15, -0.1) is 0 Å². The molecule has 0 spiro atoms. The van der Waals surface area contributed by atoms with E-state index < -0.39 is 15.1 Å². The number of carbonyl (C=O) groups excluding carboxylic acids is 1. The standard InChI is InChI=1S/C24H28N2O4S2/c1-4-17-8-6-12-21-22(17)25-24(31-21)26(15-19-10-7-13-30-19)23(27)18-9-5-11-20(14-18)32(28,29)16(2)3/h5-6,8-9,11-12,14,16,19H,4,7,10,13,15H2,1-3H3. The Morgan fingerprint density at radius 3 is 2.72 bits per heavy atom. The van der Waals surface area contributed by atoms with E-state index in [0.717, 1.165) is 35.0 Å². The van der Waals surface area contributed by atoms with Gasteiger partial charge in [0.05, 0.1) is 33.0 Å². The van der Waals surface area contributed by atoms with E-state index in [9.17, 15) is 13.2 Å². The molecule has 3 aromatic rings. The number of aryl methyl sites for hydroxylation is 1. The van der Waals surface area contributed by atoms with Crippen molar-refractivity contribution in [1.82, 2.24) is 4.98 Å². The van der Waals surface area contributed by atoms with Gasteiger partial charge in [-0.1, -0.05) is 36.5 Å². The molecule has 0 saturated carbocycles. The number of hydrogen-bond donors (Lipinski definition) is 0. The largest absolute Gasteiger partial charge is 0.376 e. The Morgan fingerprint density at radius 2 is 2.03 bits per heavy atom. The van der Waals surface area contributed by atoms with Crippen LogP contribution >= 0.6 is 11.3 Å². The molecule has 6 nitrogen and oxygen atoms in total. The number of sulfone groups is 1. The number of fused-ring (bicyclic) bond motifs is 1. The van der Waals surface area contributed by atoms with Crippen LogP contribution in [0.3, 0.4) is 0 Å². The van der Waals surface area contributed by atoms with Gasteiger partial charge >= 0.3 is 0 Å². The van der Waals surface area contributed by atoms with Crippen molar-refractivity contribution >= 4 is 42.4 Å². The number of ether oxygens (including phenoxy) is 1. The maximum Gasteiger partial charge on any atom is 0.260 e. The topological polar surface area (TPSA) is 76.6 Å². The lowest BCUT2D eigenvalue weighted by Crippen LogP contribution is -2.37. The molecule has 1 saturated heterocycles. The molecule has 1 aliphatic rings. The summed E-state index contributed by atoms with van der Waals surface area (Å²) in [6, 6.07) is 12.4. The quantitative estimate of drug-likeness (QED) is 0.490. The first-order valence-corrected chi connectivity index (χ1v) is 13.3. The van der Waals surface area contributed by atoms with Crippen molar-refractivity contribution in [3.05, 3.63) is 53.6 Å². The molecular weight excluding hydrogens is 444 g/mol. The lowest BCUT2D eigenvalue weighted by Gasteiger charge is -2.23. The number of amides is 1. The van der Waals surface area contributed by atoms with Crippen molar-refractivity contribution in [3.8, 4) is 0 Å². The second-order valence-corrected chi connectivity index (χ2v) is 11.8. The van der Waals surface area contributed by atoms with Gasteiger partial charge in [0.15, 0.2) is 15.0 Å². The molecule has 0 radical (unpaired) electrons. The minimum Gasteiger partial charge on any atom is -0.376 e. The number of thiazole rings is 1. The number of anilines is 1. The lowest BCUT2D eigenvalue weighted by atomic mass is 10.1. The summed E-state index contributed by atoms with van der Waals surface area (Å²) in [6.45, 7) is 6.44. The zero-order chi connectivity index (χ0) is 22.9. The molecule has 32 heavy (non-hydrogen) atoms. The molecule has 0 bridgehead atoms. The van der Waals surface area contributed by atoms with Gasteiger partial charge in [0.2, 0.25) is 0 Å². The normalized spacial score (nSPS) is 16.7. The molecule has 0 N–H and O–H groups in total. The Kier molecular flexibility index (Phi) is 6.65. The van der Waals surface area contributed by atoms with E-state index >= 15 is 0 Å². The van der Waals surface area contributed by atoms with E-state index in [1.807, 2.05) is 12.1 Å². The first-order valence-electron chi connectivity index (χ1n) is 11.0. The van der Waals surface area contributed by atoms with Gasteiger partial charge in [-0.3, -0.25) is 9.69 Å². The first-order chi connectivity index (χ1) is 15.3.